The number of para-hydroxylation sites is 1. The molecule has 2 nitrogen and oxygen atoms in total. The number of pyridine rings is 1. The molecule has 0 unspecified atom stereocenters. The molecule has 47 heavy (non-hydrogen) atoms. The summed E-state index contributed by atoms with van der Waals surface area (Å²) in [7, 11) is 0. The molecule has 0 radical (unpaired) electrons. The first kappa shape index (κ1) is 26.0. The molecule has 0 saturated heterocycles. The Morgan fingerprint density at radius 2 is 1.04 bits per heavy atom. The Bertz CT molecular complexity index is 2680. The van der Waals surface area contributed by atoms with Gasteiger partial charge in [0.05, 0.1) is 22.4 Å². The summed E-state index contributed by atoms with van der Waals surface area (Å²) in [6.45, 7) is 0. The van der Waals surface area contributed by atoms with Crippen LogP contribution in [0.25, 0.3) is 94.2 Å². The van der Waals surface area contributed by atoms with E-state index in [1.807, 2.05) is 0 Å². The fraction of sp³-hybridized carbons (Fsp3) is 0. The molecule has 1 aliphatic carbocycles. The van der Waals surface area contributed by atoms with Crippen molar-refractivity contribution in [3.05, 3.63) is 170 Å². The zero-order valence-corrected chi connectivity index (χ0v) is 25.6. The highest BCUT2D eigenvalue weighted by atomic mass is 15.0. The van der Waals surface area contributed by atoms with E-state index in [1.54, 1.807) is 0 Å². The molecule has 1 aliphatic rings. The van der Waals surface area contributed by atoms with E-state index in [4.69, 9.17) is 4.98 Å². The first-order valence-electron chi connectivity index (χ1n) is 16.1. The summed E-state index contributed by atoms with van der Waals surface area (Å²) in [5.74, 6) is 0. The van der Waals surface area contributed by atoms with Crippen molar-refractivity contribution in [2.45, 2.75) is 0 Å². The molecule has 0 N–H and O–H groups in total. The van der Waals surface area contributed by atoms with Crippen LogP contribution >= 0.6 is 0 Å². The highest BCUT2D eigenvalue weighted by Gasteiger charge is 2.23. The Morgan fingerprint density at radius 3 is 1.96 bits per heavy atom. The Balaban J connectivity index is 1.12. The lowest BCUT2D eigenvalue weighted by molar-refractivity contribution is 1.18. The second-order valence-corrected chi connectivity index (χ2v) is 12.4. The fourth-order valence-electron chi connectivity index (χ4n) is 7.55. The molecule has 0 spiro atoms. The topological polar surface area (TPSA) is 17.8 Å². The summed E-state index contributed by atoms with van der Waals surface area (Å²) >= 11 is 0. The van der Waals surface area contributed by atoms with Crippen molar-refractivity contribution in [1.29, 1.82) is 0 Å². The minimum atomic E-state index is 0.990. The summed E-state index contributed by atoms with van der Waals surface area (Å²) in [5.41, 5.74) is 15.3. The highest BCUT2D eigenvalue weighted by molar-refractivity contribution is 6.15. The van der Waals surface area contributed by atoms with Crippen LogP contribution in [0, 0.1) is 0 Å². The van der Waals surface area contributed by atoms with Gasteiger partial charge in [-0.2, -0.15) is 0 Å². The summed E-state index contributed by atoms with van der Waals surface area (Å²) in [6, 6.07) is 61.4. The van der Waals surface area contributed by atoms with Gasteiger partial charge in [-0.15, -0.1) is 0 Å². The van der Waals surface area contributed by atoms with Gasteiger partial charge in [0.2, 0.25) is 0 Å². The SMILES string of the molecule is c1ccc(-c2cccc(-c3ccc4c(c3)c3ccccc3n4-c3cccc(-c4cc5cccc6c5c(n4)-c4ccccc4-6)c3)c2)cc1. The molecule has 2 heterocycles. The van der Waals surface area contributed by atoms with Gasteiger partial charge in [0.1, 0.15) is 0 Å². The number of nitrogens with zero attached hydrogens (tertiary/aromatic N) is 2. The number of rotatable bonds is 4. The largest absolute Gasteiger partial charge is 0.309 e. The molecule has 0 amide bonds. The van der Waals surface area contributed by atoms with Gasteiger partial charge in [-0.3, -0.25) is 0 Å². The van der Waals surface area contributed by atoms with E-state index in [0.29, 0.717) is 0 Å². The lowest BCUT2D eigenvalue weighted by Crippen LogP contribution is -1.95. The molecule has 0 fully saturated rings. The lowest BCUT2D eigenvalue weighted by atomic mass is 9.98. The van der Waals surface area contributed by atoms with Crippen molar-refractivity contribution in [1.82, 2.24) is 9.55 Å². The van der Waals surface area contributed by atoms with Crippen molar-refractivity contribution < 1.29 is 0 Å². The van der Waals surface area contributed by atoms with E-state index in [9.17, 15) is 0 Å². The van der Waals surface area contributed by atoms with E-state index in [1.165, 1.54) is 71.5 Å². The average molecular weight is 597 g/mol. The van der Waals surface area contributed by atoms with Crippen molar-refractivity contribution >= 4 is 32.6 Å². The molecule has 0 aliphatic heterocycles. The molecule has 10 rings (SSSR count). The second kappa shape index (κ2) is 10.1. The van der Waals surface area contributed by atoms with Gasteiger partial charge < -0.3 is 4.57 Å². The maximum atomic E-state index is 5.30. The quantitative estimate of drug-likeness (QED) is 0.198. The molecule has 0 saturated carbocycles. The smallest absolute Gasteiger partial charge is 0.0800 e. The maximum Gasteiger partial charge on any atom is 0.0800 e. The van der Waals surface area contributed by atoms with Gasteiger partial charge in [0.15, 0.2) is 0 Å². The summed E-state index contributed by atoms with van der Waals surface area (Å²) in [4.78, 5) is 5.30. The number of benzene rings is 7. The minimum absolute atomic E-state index is 0.990. The van der Waals surface area contributed by atoms with E-state index < -0.39 is 0 Å². The lowest BCUT2D eigenvalue weighted by Gasteiger charge is -2.12. The van der Waals surface area contributed by atoms with Crippen LogP contribution in [0.3, 0.4) is 0 Å². The van der Waals surface area contributed by atoms with Gasteiger partial charge in [-0.1, -0.05) is 127 Å². The molecular weight excluding hydrogens is 569 g/mol. The fourth-order valence-corrected chi connectivity index (χ4v) is 7.55. The number of fused-ring (bicyclic) bond motifs is 6. The summed E-state index contributed by atoms with van der Waals surface area (Å²) in [5, 5.41) is 4.97. The molecular formula is C45H28N2. The minimum Gasteiger partial charge on any atom is -0.309 e. The van der Waals surface area contributed by atoms with Crippen LogP contribution in [0.1, 0.15) is 0 Å². The van der Waals surface area contributed by atoms with E-state index in [-0.39, 0.29) is 0 Å². The first-order valence-corrected chi connectivity index (χ1v) is 16.1. The van der Waals surface area contributed by atoms with Gasteiger partial charge in [-0.05, 0) is 81.2 Å². The van der Waals surface area contributed by atoms with Crippen LogP contribution in [-0.4, -0.2) is 9.55 Å². The zero-order valence-electron chi connectivity index (χ0n) is 25.6. The van der Waals surface area contributed by atoms with Gasteiger partial charge >= 0.3 is 0 Å². The Hall–Kier alpha value is -6.25. The van der Waals surface area contributed by atoms with Crippen LogP contribution < -0.4 is 0 Å². The molecule has 2 aromatic heterocycles. The Morgan fingerprint density at radius 1 is 0.383 bits per heavy atom. The number of hydrogen-bond donors (Lipinski definition) is 0. The van der Waals surface area contributed by atoms with Crippen molar-refractivity contribution in [3.8, 4) is 61.6 Å². The third kappa shape index (κ3) is 4.02. The Labute approximate surface area is 272 Å². The normalized spacial score (nSPS) is 11.8. The van der Waals surface area contributed by atoms with Crippen LogP contribution in [0.5, 0.6) is 0 Å². The van der Waals surface area contributed by atoms with E-state index in [0.717, 1.165) is 22.6 Å². The molecule has 9 aromatic rings. The van der Waals surface area contributed by atoms with Gasteiger partial charge in [0, 0.05) is 33.0 Å². The zero-order chi connectivity index (χ0) is 30.9. The Kier molecular flexibility index (Phi) is 5.61. The molecule has 0 bridgehead atoms. The highest BCUT2D eigenvalue weighted by Crippen LogP contribution is 2.47. The summed E-state index contributed by atoms with van der Waals surface area (Å²) < 4.78 is 2.39. The first-order chi connectivity index (χ1) is 23.3. The maximum absolute atomic E-state index is 5.30. The van der Waals surface area contributed by atoms with Crippen molar-refractivity contribution in [3.63, 3.8) is 0 Å². The average Bonchev–Trinajstić information content (AvgIpc) is 3.65. The third-order valence-electron chi connectivity index (χ3n) is 9.71. The van der Waals surface area contributed by atoms with Gasteiger partial charge in [-0.25, -0.2) is 4.98 Å². The van der Waals surface area contributed by atoms with Crippen LogP contribution in [0.15, 0.2) is 170 Å². The monoisotopic (exact) mass is 596 g/mol. The standard InChI is InChI=1S/C45H28N2/c1-2-11-29(12-3-1)30-13-8-14-31(25-30)32-23-24-43-40(27-32)37-19-6-7-22-42(37)47(43)35-17-9-15-33(26-35)41-28-34-16-10-21-38-36-18-4-5-20-39(36)45(46-41)44(34)38/h1-28H. The van der Waals surface area contributed by atoms with Crippen LogP contribution in [-0.2, 0) is 0 Å². The van der Waals surface area contributed by atoms with Crippen molar-refractivity contribution in [2.24, 2.45) is 0 Å². The van der Waals surface area contributed by atoms with Gasteiger partial charge in [0.25, 0.3) is 0 Å². The van der Waals surface area contributed by atoms with E-state index in [2.05, 4.69) is 174 Å². The predicted octanol–water partition coefficient (Wildman–Crippen LogP) is 12.0. The van der Waals surface area contributed by atoms with Crippen LogP contribution in [0.2, 0.25) is 0 Å². The molecule has 7 aromatic carbocycles. The number of aromatic nitrogens is 2. The third-order valence-corrected chi connectivity index (χ3v) is 9.71. The second-order valence-electron chi connectivity index (χ2n) is 12.4. The van der Waals surface area contributed by atoms with E-state index >= 15 is 0 Å². The molecule has 2 heteroatoms. The van der Waals surface area contributed by atoms with Crippen LogP contribution in [0.4, 0.5) is 0 Å². The predicted molar refractivity (Wildman–Crippen MR) is 197 cm³/mol. The summed E-state index contributed by atoms with van der Waals surface area (Å²) in [6.07, 6.45) is 0. The molecule has 0 atom stereocenters. The van der Waals surface area contributed by atoms with Crippen molar-refractivity contribution in [2.75, 3.05) is 0 Å². The molecule has 218 valence electrons. The number of hydrogen-bond acceptors (Lipinski definition) is 1.